The normalized spacial score (nSPS) is 11.4. The predicted octanol–water partition coefficient (Wildman–Crippen LogP) is 20.0. The molecular formula is C81H93NO6. The van der Waals surface area contributed by atoms with Crippen LogP contribution in [-0.4, -0.2) is 24.2 Å². The topological polar surface area (TPSA) is 83.3 Å². The van der Waals surface area contributed by atoms with Crippen molar-refractivity contribution in [2.24, 2.45) is 0 Å². The van der Waals surface area contributed by atoms with Crippen LogP contribution >= 0.6 is 0 Å². The molecule has 6 aromatic carbocycles. The zero-order valence-electron chi connectivity index (χ0n) is 53.1. The van der Waals surface area contributed by atoms with Crippen LogP contribution in [0, 0.1) is 35.5 Å². The molecule has 9 aromatic rings. The molecule has 0 amide bonds. The van der Waals surface area contributed by atoms with E-state index in [4.69, 9.17) is 14.2 Å². The van der Waals surface area contributed by atoms with Gasteiger partial charge in [-0.3, -0.25) is 14.4 Å². The van der Waals surface area contributed by atoms with E-state index in [1.165, 1.54) is 173 Å². The van der Waals surface area contributed by atoms with Gasteiger partial charge in [-0.05, 0) is 128 Å². The van der Waals surface area contributed by atoms with Crippen LogP contribution in [-0.2, 0) is 0 Å². The molecule has 88 heavy (non-hydrogen) atoms. The first-order chi connectivity index (χ1) is 43.3. The third kappa shape index (κ3) is 18.2. The SMILES string of the molecule is CCCCCCCCCCCCOc1ccc(C#Cc2cc3c(=O)c4cc(C#Cc5ccc(OCCCCCCCCCCCC)cc5)cc5c(=O)c6cc(C#Cc7ccc(OCCCCCCCCCCCC)cc7)cc7c(=O)c(c2)c3n(c45)c76)cc1. The quantitative estimate of drug-likeness (QED) is 0.0168. The second-order valence-corrected chi connectivity index (χ2v) is 24.5. The number of aromatic nitrogens is 1. The first-order valence-electron chi connectivity index (χ1n) is 34.1. The van der Waals surface area contributed by atoms with Crippen LogP contribution in [0.1, 0.15) is 247 Å². The lowest BCUT2D eigenvalue weighted by atomic mass is 9.94. The third-order valence-corrected chi connectivity index (χ3v) is 17.4. The molecule has 0 aliphatic heterocycles. The Kier molecular flexibility index (Phi) is 25.5. The van der Waals surface area contributed by atoms with Gasteiger partial charge in [-0.15, -0.1) is 0 Å². The maximum Gasteiger partial charge on any atom is 0.197 e. The van der Waals surface area contributed by atoms with E-state index in [2.05, 4.69) is 56.3 Å². The first-order valence-corrected chi connectivity index (χ1v) is 34.1. The number of ether oxygens (including phenoxy) is 3. The van der Waals surface area contributed by atoms with Crippen molar-refractivity contribution in [3.63, 3.8) is 0 Å². The highest BCUT2D eigenvalue weighted by molar-refractivity contribution is 6.17. The summed E-state index contributed by atoms with van der Waals surface area (Å²) in [6.45, 7) is 8.82. The van der Waals surface area contributed by atoms with Gasteiger partial charge in [0.1, 0.15) is 17.2 Å². The molecule has 0 fully saturated rings. The molecule has 0 saturated heterocycles. The van der Waals surface area contributed by atoms with Gasteiger partial charge in [-0.1, -0.05) is 230 Å². The molecule has 9 rings (SSSR count). The highest BCUT2D eigenvalue weighted by Gasteiger charge is 2.24. The summed E-state index contributed by atoms with van der Waals surface area (Å²) in [5.41, 5.74) is 4.40. The number of rotatable bonds is 36. The standard InChI is InChI=1S/C81H93NO6/c1-4-7-10-13-16-19-22-25-28-31-52-86-67-46-40-61(41-47-67)34-37-64-55-70-76-71(56-64)80(84)73-58-66(39-36-63-44-50-69(51-45-63)88-54-33-30-27-24-21-18-15-12-9-6-3)60-75-78(73)82(76)77-72(79(70)83)57-65(59-74(77)81(75)85)38-35-62-42-48-68(49-43-62)87-53-32-29-26-23-20-17-14-11-8-5-2/h40-51,55-60H,4-33,52-54H2,1-3H3. The van der Waals surface area contributed by atoms with Crippen LogP contribution in [0.15, 0.2) is 124 Å². The van der Waals surface area contributed by atoms with Gasteiger partial charge in [-0.2, -0.15) is 0 Å². The van der Waals surface area contributed by atoms with Crippen molar-refractivity contribution in [1.82, 2.24) is 4.40 Å². The van der Waals surface area contributed by atoms with E-state index >= 15 is 14.4 Å². The Hall–Kier alpha value is -7.79. The molecular weight excluding hydrogens is 1080 g/mol. The highest BCUT2D eigenvalue weighted by Crippen LogP contribution is 2.34. The Labute approximate surface area is 524 Å². The van der Waals surface area contributed by atoms with Crippen molar-refractivity contribution in [2.45, 2.75) is 213 Å². The molecule has 458 valence electrons. The molecule has 0 radical (unpaired) electrons. The van der Waals surface area contributed by atoms with Crippen LogP contribution in [0.4, 0.5) is 0 Å². The van der Waals surface area contributed by atoms with E-state index in [1.54, 1.807) is 36.4 Å². The van der Waals surface area contributed by atoms with Crippen LogP contribution in [0.5, 0.6) is 17.2 Å². The second kappa shape index (κ2) is 34.7. The predicted molar refractivity (Wildman–Crippen MR) is 369 cm³/mol. The summed E-state index contributed by atoms with van der Waals surface area (Å²) in [6.07, 6.45) is 38.3. The van der Waals surface area contributed by atoms with Crippen LogP contribution in [0.3, 0.4) is 0 Å². The number of unbranched alkanes of at least 4 members (excludes halogenated alkanes) is 27. The summed E-state index contributed by atoms with van der Waals surface area (Å²) in [4.78, 5) is 45.1. The van der Waals surface area contributed by atoms with Crippen molar-refractivity contribution in [3.05, 3.63) is 173 Å². The minimum absolute atomic E-state index is 0.297. The lowest BCUT2D eigenvalue weighted by molar-refractivity contribution is 0.304. The van der Waals surface area contributed by atoms with Crippen molar-refractivity contribution in [2.75, 3.05) is 19.8 Å². The second-order valence-electron chi connectivity index (χ2n) is 24.5. The van der Waals surface area contributed by atoms with Crippen molar-refractivity contribution >= 4 is 48.9 Å². The molecule has 0 atom stereocenters. The van der Waals surface area contributed by atoms with Crippen molar-refractivity contribution in [1.29, 1.82) is 0 Å². The van der Waals surface area contributed by atoms with Gasteiger partial charge in [0.05, 0.1) is 36.4 Å². The number of nitrogens with zero attached hydrogens (tertiary/aromatic N) is 1. The number of pyridine rings is 3. The fraction of sp³-hybridized carbons (Fsp3) is 0.444. The summed E-state index contributed by atoms with van der Waals surface area (Å²) in [6, 6.07) is 34.0. The Morgan fingerprint density at radius 1 is 0.261 bits per heavy atom. The molecule has 0 aliphatic rings. The third-order valence-electron chi connectivity index (χ3n) is 17.4. The zero-order chi connectivity index (χ0) is 61.1. The zero-order valence-corrected chi connectivity index (χ0v) is 53.1. The van der Waals surface area contributed by atoms with E-state index in [0.29, 0.717) is 85.4 Å². The molecule has 7 heteroatoms. The molecule has 0 unspecified atom stereocenters. The van der Waals surface area contributed by atoms with Gasteiger partial charge in [0.15, 0.2) is 16.3 Å². The summed E-state index contributed by atoms with van der Waals surface area (Å²) in [5, 5.41) is 2.05. The maximum atomic E-state index is 15.0. The highest BCUT2D eigenvalue weighted by atomic mass is 16.5. The summed E-state index contributed by atoms with van der Waals surface area (Å²) in [5.74, 6) is 22.1. The van der Waals surface area contributed by atoms with Crippen molar-refractivity contribution in [3.8, 4) is 52.8 Å². The van der Waals surface area contributed by atoms with Crippen LogP contribution < -0.4 is 30.5 Å². The fourth-order valence-corrected chi connectivity index (χ4v) is 12.3. The molecule has 0 aliphatic carbocycles. The van der Waals surface area contributed by atoms with Gasteiger partial charge in [0.2, 0.25) is 0 Å². The van der Waals surface area contributed by atoms with Gasteiger partial charge in [0, 0.05) is 65.7 Å². The smallest absolute Gasteiger partial charge is 0.197 e. The molecule has 3 heterocycles. The minimum atomic E-state index is -0.297. The number of hydrogen-bond acceptors (Lipinski definition) is 6. The molecule has 7 nitrogen and oxygen atoms in total. The van der Waals surface area contributed by atoms with Crippen LogP contribution in [0.25, 0.3) is 48.9 Å². The minimum Gasteiger partial charge on any atom is -0.494 e. The molecule has 3 aromatic heterocycles. The van der Waals surface area contributed by atoms with E-state index < -0.39 is 0 Å². The molecule has 0 saturated carbocycles. The molecule has 0 N–H and O–H groups in total. The Bertz CT molecular complexity index is 3470. The maximum absolute atomic E-state index is 15.0. The van der Waals surface area contributed by atoms with E-state index in [9.17, 15) is 0 Å². The lowest BCUT2D eigenvalue weighted by Crippen LogP contribution is -2.19. The summed E-state index contributed by atoms with van der Waals surface area (Å²) >= 11 is 0. The average Bonchev–Trinajstić information content (AvgIpc) is 0.693. The largest absolute Gasteiger partial charge is 0.494 e. The number of hydrogen-bond donors (Lipinski definition) is 0. The number of benzene rings is 6. The summed E-state index contributed by atoms with van der Waals surface area (Å²) < 4.78 is 20.2. The molecule has 0 spiro atoms. The van der Waals surface area contributed by atoms with Gasteiger partial charge in [-0.25, -0.2) is 0 Å². The Morgan fingerprint density at radius 2 is 0.455 bits per heavy atom. The van der Waals surface area contributed by atoms with Gasteiger partial charge in [0.25, 0.3) is 0 Å². The Balaban J connectivity index is 0.957. The average molecular weight is 1180 g/mol. The summed E-state index contributed by atoms with van der Waals surface area (Å²) in [7, 11) is 0. The monoisotopic (exact) mass is 1180 g/mol. The first kappa shape index (κ1) is 64.7. The lowest BCUT2D eigenvalue weighted by Gasteiger charge is -2.19. The van der Waals surface area contributed by atoms with E-state index in [1.807, 2.05) is 77.2 Å². The fourth-order valence-electron chi connectivity index (χ4n) is 12.3. The Morgan fingerprint density at radius 3 is 0.670 bits per heavy atom. The van der Waals surface area contributed by atoms with E-state index in [-0.39, 0.29) is 16.3 Å². The molecule has 0 bridgehead atoms. The van der Waals surface area contributed by atoms with Crippen molar-refractivity contribution < 1.29 is 14.2 Å². The van der Waals surface area contributed by atoms with E-state index in [0.717, 1.165) is 53.2 Å². The van der Waals surface area contributed by atoms with Crippen LogP contribution in [0.2, 0.25) is 0 Å². The van der Waals surface area contributed by atoms with Gasteiger partial charge >= 0.3 is 0 Å². The van der Waals surface area contributed by atoms with Gasteiger partial charge < -0.3 is 18.6 Å².